The number of ether oxygens (including phenoxy) is 2. The van der Waals surface area contributed by atoms with Crippen LogP contribution in [-0.2, 0) is 6.54 Å². The Morgan fingerprint density at radius 3 is 2.64 bits per heavy atom. The number of nitro benzene ring substituents is 1. The van der Waals surface area contributed by atoms with Crippen LogP contribution in [0.1, 0.15) is 18.4 Å². The van der Waals surface area contributed by atoms with Gasteiger partial charge < -0.3 is 14.6 Å². The fourth-order valence-electron chi connectivity index (χ4n) is 2.89. The number of aliphatic hydroxyl groups excluding tert-OH is 1. The third-order valence-corrected chi connectivity index (χ3v) is 4.04. The van der Waals surface area contributed by atoms with Crippen molar-refractivity contribution >= 4 is 5.69 Å². The number of nitrogens with zero attached hydrogens (tertiary/aromatic N) is 2. The molecule has 7 heteroatoms. The lowest BCUT2D eigenvalue weighted by molar-refractivity contribution is -0.385. The Bertz CT molecular complexity index is 535. The summed E-state index contributed by atoms with van der Waals surface area (Å²) in [6.07, 6.45) is 1.99. The average Bonchev–Trinajstić information content (AvgIpc) is 2.54. The van der Waals surface area contributed by atoms with Crippen LogP contribution in [0.4, 0.5) is 5.69 Å². The van der Waals surface area contributed by atoms with Gasteiger partial charge in [-0.05, 0) is 31.4 Å². The van der Waals surface area contributed by atoms with Gasteiger partial charge in [-0.15, -0.1) is 0 Å². The van der Waals surface area contributed by atoms with E-state index in [-0.39, 0.29) is 18.2 Å². The summed E-state index contributed by atoms with van der Waals surface area (Å²) in [6.45, 7) is 2.25. The molecule has 122 valence electrons. The van der Waals surface area contributed by atoms with Crippen LogP contribution in [0.15, 0.2) is 12.1 Å². The number of piperidine rings is 1. The number of hydrogen-bond acceptors (Lipinski definition) is 6. The van der Waals surface area contributed by atoms with Gasteiger partial charge in [0.2, 0.25) is 0 Å². The number of benzene rings is 1. The highest BCUT2D eigenvalue weighted by molar-refractivity contribution is 5.54. The summed E-state index contributed by atoms with van der Waals surface area (Å²) in [5.74, 6) is 1.08. The summed E-state index contributed by atoms with van der Waals surface area (Å²) in [7, 11) is 2.97. The van der Waals surface area contributed by atoms with E-state index in [0.29, 0.717) is 23.6 Å². The molecule has 1 aromatic carbocycles. The molecule has 1 aliphatic rings. The van der Waals surface area contributed by atoms with E-state index in [4.69, 9.17) is 9.47 Å². The lowest BCUT2D eigenvalue weighted by atomic mass is 9.98. The maximum atomic E-state index is 11.3. The van der Waals surface area contributed by atoms with Crippen molar-refractivity contribution in [3.63, 3.8) is 0 Å². The summed E-state index contributed by atoms with van der Waals surface area (Å²) in [6, 6.07) is 3.07. The number of methoxy groups -OCH3 is 2. The minimum atomic E-state index is -0.398. The van der Waals surface area contributed by atoms with Crippen molar-refractivity contribution in [3.8, 4) is 11.5 Å². The number of aliphatic hydroxyl groups is 1. The van der Waals surface area contributed by atoms with Crippen molar-refractivity contribution < 1.29 is 19.5 Å². The quantitative estimate of drug-likeness (QED) is 0.637. The lowest BCUT2D eigenvalue weighted by Crippen LogP contribution is -2.36. The van der Waals surface area contributed by atoms with Crippen molar-refractivity contribution in [3.05, 3.63) is 27.8 Å². The Hall–Kier alpha value is -1.86. The fourth-order valence-corrected chi connectivity index (χ4v) is 2.89. The first-order valence-corrected chi connectivity index (χ1v) is 7.31. The molecular weight excluding hydrogens is 288 g/mol. The van der Waals surface area contributed by atoms with E-state index < -0.39 is 4.92 Å². The zero-order chi connectivity index (χ0) is 16.1. The van der Waals surface area contributed by atoms with Gasteiger partial charge in [0.05, 0.1) is 25.2 Å². The van der Waals surface area contributed by atoms with Gasteiger partial charge in [0.25, 0.3) is 5.69 Å². The molecule has 0 amide bonds. The predicted octanol–water partition coefficient (Wildman–Crippen LogP) is 1.82. The maximum absolute atomic E-state index is 11.3. The second-order valence-corrected chi connectivity index (χ2v) is 5.52. The van der Waals surface area contributed by atoms with Crippen LogP contribution in [0.25, 0.3) is 0 Å². The topological polar surface area (TPSA) is 85.1 Å². The molecule has 1 aliphatic heterocycles. The van der Waals surface area contributed by atoms with E-state index >= 15 is 0 Å². The molecule has 1 fully saturated rings. The average molecular weight is 310 g/mol. The standard InChI is InChI=1S/C15H22N2O5/c1-21-14-6-12(13(17(19)20)7-15(14)22-2)9-16-5-3-4-11(8-16)10-18/h6-7,11,18H,3-5,8-10H2,1-2H3/t11-/m1/s1. The molecule has 0 saturated carbocycles. The van der Waals surface area contributed by atoms with Crippen LogP contribution in [0.2, 0.25) is 0 Å². The molecule has 1 aromatic rings. The lowest BCUT2D eigenvalue weighted by Gasteiger charge is -2.31. The molecule has 0 radical (unpaired) electrons. The number of rotatable bonds is 6. The normalized spacial score (nSPS) is 19.0. The Labute approximate surface area is 129 Å². The second-order valence-electron chi connectivity index (χ2n) is 5.52. The number of likely N-dealkylation sites (tertiary alicyclic amines) is 1. The molecule has 1 saturated heterocycles. The molecular formula is C15H22N2O5. The van der Waals surface area contributed by atoms with E-state index in [1.807, 2.05) is 0 Å². The van der Waals surface area contributed by atoms with Gasteiger partial charge in [0.1, 0.15) is 0 Å². The Kier molecular flexibility index (Phi) is 5.57. The van der Waals surface area contributed by atoms with Crippen molar-refractivity contribution in [2.75, 3.05) is 33.9 Å². The van der Waals surface area contributed by atoms with Gasteiger partial charge in [0.15, 0.2) is 11.5 Å². The van der Waals surface area contributed by atoms with Gasteiger partial charge in [-0.1, -0.05) is 0 Å². The predicted molar refractivity (Wildman–Crippen MR) is 81.3 cm³/mol. The Morgan fingerprint density at radius 1 is 1.36 bits per heavy atom. The molecule has 1 atom stereocenters. The molecule has 2 rings (SSSR count). The first-order valence-electron chi connectivity index (χ1n) is 7.31. The first kappa shape index (κ1) is 16.5. The van der Waals surface area contributed by atoms with E-state index in [1.165, 1.54) is 20.3 Å². The highest BCUT2D eigenvalue weighted by atomic mass is 16.6. The third kappa shape index (κ3) is 3.66. The van der Waals surface area contributed by atoms with E-state index in [9.17, 15) is 15.2 Å². The van der Waals surface area contributed by atoms with Crippen LogP contribution in [0.3, 0.4) is 0 Å². The molecule has 0 spiro atoms. The summed E-state index contributed by atoms with van der Waals surface area (Å²) in [4.78, 5) is 13.0. The van der Waals surface area contributed by atoms with E-state index in [2.05, 4.69) is 4.90 Å². The number of nitro groups is 1. The Morgan fingerprint density at radius 2 is 2.05 bits per heavy atom. The summed E-state index contributed by atoms with van der Waals surface area (Å²) in [5.41, 5.74) is 0.630. The van der Waals surface area contributed by atoms with Crippen LogP contribution in [-0.4, -0.2) is 48.8 Å². The highest BCUT2D eigenvalue weighted by Crippen LogP contribution is 2.35. The van der Waals surface area contributed by atoms with Crippen LogP contribution in [0.5, 0.6) is 11.5 Å². The minimum Gasteiger partial charge on any atom is -0.493 e. The molecule has 1 N–H and O–H groups in total. The monoisotopic (exact) mass is 310 g/mol. The zero-order valence-electron chi connectivity index (χ0n) is 12.9. The van der Waals surface area contributed by atoms with Gasteiger partial charge in [-0.25, -0.2) is 0 Å². The van der Waals surface area contributed by atoms with E-state index in [0.717, 1.165) is 25.9 Å². The molecule has 1 heterocycles. The molecule has 0 aliphatic carbocycles. The fraction of sp³-hybridized carbons (Fsp3) is 0.600. The maximum Gasteiger partial charge on any atom is 0.277 e. The molecule has 0 bridgehead atoms. The van der Waals surface area contributed by atoms with Gasteiger partial charge in [-0.3, -0.25) is 15.0 Å². The highest BCUT2D eigenvalue weighted by Gasteiger charge is 2.24. The summed E-state index contributed by atoms with van der Waals surface area (Å²) in [5, 5.41) is 20.6. The van der Waals surface area contributed by atoms with Crippen LogP contribution >= 0.6 is 0 Å². The number of hydrogen-bond donors (Lipinski definition) is 1. The SMILES string of the molecule is COc1cc(CN2CCC[C@@H](CO)C2)c([N+](=O)[O-])cc1OC. The Balaban J connectivity index is 2.26. The smallest absolute Gasteiger partial charge is 0.277 e. The summed E-state index contributed by atoms with van der Waals surface area (Å²) < 4.78 is 10.4. The second kappa shape index (κ2) is 7.42. The van der Waals surface area contributed by atoms with Crippen molar-refractivity contribution in [1.29, 1.82) is 0 Å². The van der Waals surface area contributed by atoms with Crippen LogP contribution < -0.4 is 9.47 Å². The van der Waals surface area contributed by atoms with Crippen LogP contribution in [0, 0.1) is 16.0 Å². The van der Waals surface area contributed by atoms with Crippen molar-refractivity contribution in [2.45, 2.75) is 19.4 Å². The zero-order valence-corrected chi connectivity index (χ0v) is 12.9. The van der Waals surface area contributed by atoms with Gasteiger partial charge >= 0.3 is 0 Å². The third-order valence-electron chi connectivity index (χ3n) is 4.04. The largest absolute Gasteiger partial charge is 0.493 e. The molecule has 22 heavy (non-hydrogen) atoms. The molecule has 0 aromatic heterocycles. The summed E-state index contributed by atoms with van der Waals surface area (Å²) >= 11 is 0. The molecule has 0 unspecified atom stereocenters. The van der Waals surface area contributed by atoms with Crippen molar-refractivity contribution in [2.24, 2.45) is 5.92 Å². The first-order chi connectivity index (χ1) is 10.6. The molecule has 7 nitrogen and oxygen atoms in total. The van der Waals surface area contributed by atoms with E-state index in [1.54, 1.807) is 6.07 Å². The van der Waals surface area contributed by atoms with Gasteiger partial charge in [0, 0.05) is 25.3 Å². The van der Waals surface area contributed by atoms with Gasteiger partial charge in [-0.2, -0.15) is 0 Å². The minimum absolute atomic E-state index is 0.0313. The van der Waals surface area contributed by atoms with Crippen molar-refractivity contribution in [1.82, 2.24) is 4.90 Å².